The first-order valence-electron chi connectivity index (χ1n) is 6.20. The molecule has 21 heavy (non-hydrogen) atoms. The van der Waals surface area contributed by atoms with E-state index in [9.17, 15) is 28.2 Å². The second-order valence-corrected chi connectivity index (χ2v) is 5.00. The van der Waals surface area contributed by atoms with E-state index in [1.807, 2.05) is 0 Å². The van der Waals surface area contributed by atoms with Gasteiger partial charge in [-0.25, -0.2) is 4.79 Å². The maximum atomic E-state index is 12.7. The first kappa shape index (κ1) is 15.6. The maximum absolute atomic E-state index is 12.7. The van der Waals surface area contributed by atoms with E-state index < -0.39 is 29.5 Å². The van der Waals surface area contributed by atoms with Gasteiger partial charge in [-0.15, -0.1) is 0 Å². The third kappa shape index (κ3) is 2.96. The van der Waals surface area contributed by atoms with Crippen molar-refractivity contribution in [1.29, 1.82) is 0 Å². The third-order valence-corrected chi connectivity index (χ3v) is 3.67. The van der Waals surface area contributed by atoms with Crippen LogP contribution in [0.4, 0.5) is 18.0 Å². The van der Waals surface area contributed by atoms with Gasteiger partial charge in [0.05, 0.1) is 12.1 Å². The molecule has 0 aliphatic carbocycles. The number of amides is 1. The number of alkyl halides is 3. The lowest BCUT2D eigenvalue weighted by Gasteiger charge is -2.41. The Morgan fingerprint density at radius 3 is 2.57 bits per heavy atom. The molecule has 1 heterocycles. The van der Waals surface area contributed by atoms with Gasteiger partial charge in [0, 0.05) is 13.0 Å². The second kappa shape index (κ2) is 5.19. The minimum absolute atomic E-state index is 0.0703. The van der Waals surface area contributed by atoms with Crippen LogP contribution in [0.1, 0.15) is 17.5 Å². The van der Waals surface area contributed by atoms with Crippen molar-refractivity contribution in [2.75, 3.05) is 13.1 Å². The van der Waals surface area contributed by atoms with Gasteiger partial charge >= 0.3 is 12.3 Å². The number of carboxylic acid groups (broad SMARTS) is 1. The summed E-state index contributed by atoms with van der Waals surface area (Å²) in [5, 5.41) is 29.3. The van der Waals surface area contributed by atoms with E-state index in [-0.39, 0.29) is 25.1 Å². The number of carbonyl (C=O) groups is 1. The minimum atomic E-state index is -4.56. The van der Waals surface area contributed by atoms with Gasteiger partial charge < -0.3 is 20.2 Å². The summed E-state index contributed by atoms with van der Waals surface area (Å²) in [6, 6.07) is 4.08. The summed E-state index contributed by atoms with van der Waals surface area (Å²) in [6.45, 7) is -0.429. The van der Waals surface area contributed by atoms with Crippen molar-refractivity contribution in [2.45, 2.75) is 24.3 Å². The molecule has 1 amide bonds. The van der Waals surface area contributed by atoms with E-state index >= 15 is 0 Å². The largest absolute Gasteiger partial charge is 0.465 e. The Balaban J connectivity index is 2.31. The van der Waals surface area contributed by atoms with Crippen molar-refractivity contribution in [3.63, 3.8) is 0 Å². The summed E-state index contributed by atoms with van der Waals surface area (Å²) >= 11 is 0. The number of hydrogen-bond donors (Lipinski definition) is 3. The van der Waals surface area contributed by atoms with E-state index in [1.54, 1.807) is 0 Å². The molecular weight excluding hydrogens is 291 g/mol. The van der Waals surface area contributed by atoms with E-state index in [0.717, 1.165) is 23.1 Å². The van der Waals surface area contributed by atoms with E-state index in [2.05, 4.69) is 0 Å². The van der Waals surface area contributed by atoms with Crippen molar-refractivity contribution in [3.05, 3.63) is 35.4 Å². The molecule has 0 radical (unpaired) electrons. The molecule has 1 aromatic rings. The molecule has 2 rings (SSSR count). The monoisotopic (exact) mass is 305 g/mol. The molecule has 1 aromatic carbocycles. The van der Waals surface area contributed by atoms with Crippen LogP contribution in [0.5, 0.6) is 0 Å². The van der Waals surface area contributed by atoms with Crippen LogP contribution in [0.3, 0.4) is 0 Å². The Bertz CT molecular complexity index is 548. The van der Waals surface area contributed by atoms with Crippen LogP contribution in [0.2, 0.25) is 0 Å². The molecule has 1 saturated heterocycles. The van der Waals surface area contributed by atoms with Crippen molar-refractivity contribution in [3.8, 4) is 0 Å². The van der Waals surface area contributed by atoms with E-state index in [1.165, 1.54) is 6.07 Å². The number of aliphatic hydroxyl groups excluding tert-OH is 1. The number of benzene rings is 1. The average Bonchev–Trinajstić information content (AvgIpc) is 2.41. The smallest absolute Gasteiger partial charge is 0.416 e. The SMILES string of the molecule is O=C(O)N1CCC(O)(c2cccc(C(F)(F)F)c2)C(O)C1. The number of halogens is 3. The molecule has 0 aromatic heterocycles. The molecule has 116 valence electrons. The number of nitrogens with zero attached hydrogens (tertiary/aromatic N) is 1. The highest BCUT2D eigenvalue weighted by molar-refractivity contribution is 5.65. The van der Waals surface area contributed by atoms with Gasteiger partial charge in [-0.1, -0.05) is 12.1 Å². The molecule has 0 saturated carbocycles. The molecule has 2 atom stereocenters. The van der Waals surface area contributed by atoms with Crippen LogP contribution in [0, 0.1) is 0 Å². The van der Waals surface area contributed by atoms with Gasteiger partial charge in [0.1, 0.15) is 11.7 Å². The van der Waals surface area contributed by atoms with E-state index in [0.29, 0.717) is 0 Å². The van der Waals surface area contributed by atoms with Crippen LogP contribution >= 0.6 is 0 Å². The zero-order valence-corrected chi connectivity index (χ0v) is 10.8. The van der Waals surface area contributed by atoms with Crippen LogP contribution < -0.4 is 0 Å². The molecule has 0 bridgehead atoms. The van der Waals surface area contributed by atoms with Crippen LogP contribution in [0.25, 0.3) is 0 Å². The maximum Gasteiger partial charge on any atom is 0.416 e. The Morgan fingerprint density at radius 2 is 2.05 bits per heavy atom. The molecule has 1 fully saturated rings. The highest BCUT2D eigenvalue weighted by Crippen LogP contribution is 2.36. The number of hydrogen-bond acceptors (Lipinski definition) is 3. The van der Waals surface area contributed by atoms with Gasteiger partial charge in [0.25, 0.3) is 0 Å². The molecule has 5 nitrogen and oxygen atoms in total. The lowest BCUT2D eigenvalue weighted by Crippen LogP contribution is -2.54. The van der Waals surface area contributed by atoms with Crippen LogP contribution in [-0.2, 0) is 11.8 Å². The van der Waals surface area contributed by atoms with Gasteiger partial charge in [0.15, 0.2) is 0 Å². The van der Waals surface area contributed by atoms with Crippen molar-refractivity contribution >= 4 is 6.09 Å². The summed E-state index contributed by atoms with van der Waals surface area (Å²) in [4.78, 5) is 11.7. The third-order valence-electron chi connectivity index (χ3n) is 3.67. The average molecular weight is 305 g/mol. The highest BCUT2D eigenvalue weighted by Gasteiger charge is 2.44. The Labute approximate surface area is 118 Å². The molecule has 1 aliphatic rings. The summed E-state index contributed by atoms with van der Waals surface area (Å²) in [5.74, 6) is 0. The molecule has 0 spiro atoms. The fourth-order valence-corrected chi connectivity index (χ4v) is 2.40. The topological polar surface area (TPSA) is 81.0 Å². The first-order valence-corrected chi connectivity index (χ1v) is 6.20. The second-order valence-electron chi connectivity index (χ2n) is 5.00. The Morgan fingerprint density at radius 1 is 1.38 bits per heavy atom. The fraction of sp³-hybridized carbons (Fsp3) is 0.462. The number of likely N-dealkylation sites (tertiary alicyclic amines) is 1. The van der Waals surface area contributed by atoms with Gasteiger partial charge in [-0.3, -0.25) is 0 Å². The lowest BCUT2D eigenvalue weighted by atomic mass is 9.81. The molecular formula is C13H14F3NO4. The van der Waals surface area contributed by atoms with Gasteiger partial charge in [-0.2, -0.15) is 13.2 Å². The zero-order valence-electron chi connectivity index (χ0n) is 10.8. The molecule has 8 heteroatoms. The number of β-amino-alcohol motifs (C(OH)–C–C–N with tert-alkyl or cyclic N) is 1. The number of aliphatic hydroxyl groups is 2. The minimum Gasteiger partial charge on any atom is -0.465 e. The first-order chi connectivity index (χ1) is 9.64. The number of rotatable bonds is 1. The van der Waals surface area contributed by atoms with Crippen LogP contribution in [0.15, 0.2) is 24.3 Å². The van der Waals surface area contributed by atoms with E-state index in [4.69, 9.17) is 5.11 Å². The standard InChI is InChI=1S/C13H14F3NO4/c14-13(15,16)9-3-1-2-8(6-9)12(21)4-5-17(11(19)20)7-10(12)18/h1-3,6,10,18,21H,4-5,7H2,(H,19,20). The van der Waals surface area contributed by atoms with Crippen molar-refractivity contribution < 1.29 is 33.3 Å². The molecule has 3 N–H and O–H groups in total. The fourth-order valence-electron chi connectivity index (χ4n) is 2.40. The Hall–Kier alpha value is -1.80. The number of piperidine rings is 1. The molecule has 1 aliphatic heterocycles. The Kier molecular flexibility index (Phi) is 3.85. The van der Waals surface area contributed by atoms with Gasteiger partial charge in [-0.05, 0) is 17.7 Å². The normalized spacial score (nSPS) is 26.7. The van der Waals surface area contributed by atoms with Gasteiger partial charge in [0.2, 0.25) is 0 Å². The predicted octanol–water partition coefficient (Wildman–Crippen LogP) is 1.64. The summed E-state index contributed by atoms with van der Waals surface area (Å²) < 4.78 is 38.1. The predicted molar refractivity (Wildman–Crippen MR) is 65.6 cm³/mol. The molecule has 2 unspecified atom stereocenters. The zero-order chi connectivity index (χ0) is 15.8. The summed E-state index contributed by atoms with van der Waals surface area (Å²) in [7, 11) is 0. The van der Waals surface area contributed by atoms with Crippen LogP contribution in [-0.4, -0.2) is 45.5 Å². The lowest BCUT2D eigenvalue weighted by molar-refractivity contribution is -0.138. The summed E-state index contributed by atoms with van der Waals surface area (Å²) in [6.07, 6.45) is -7.48. The van der Waals surface area contributed by atoms with Crippen molar-refractivity contribution in [1.82, 2.24) is 4.90 Å². The quantitative estimate of drug-likeness (QED) is 0.737. The van der Waals surface area contributed by atoms with Crippen molar-refractivity contribution in [2.24, 2.45) is 0 Å². The summed E-state index contributed by atoms with van der Waals surface area (Å²) in [5.41, 5.74) is -2.90. The highest BCUT2D eigenvalue weighted by atomic mass is 19.4.